The monoisotopic (exact) mass is 212 g/mol. The summed E-state index contributed by atoms with van der Waals surface area (Å²) in [4.78, 5) is 0. The molecular weight excluding hydrogens is 195 g/mol. The molecule has 0 saturated carbocycles. The molecule has 3 heteroatoms. The highest BCUT2D eigenvalue weighted by molar-refractivity contribution is 5.38. The Kier molecular flexibility index (Phi) is 4.09. The van der Waals surface area contributed by atoms with Crippen molar-refractivity contribution in [2.24, 2.45) is 0 Å². The lowest BCUT2D eigenvalue weighted by Crippen LogP contribution is -2.04. The van der Waals surface area contributed by atoms with E-state index in [1.54, 1.807) is 13.0 Å². The van der Waals surface area contributed by atoms with Gasteiger partial charge in [-0.2, -0.15) is 0 Å². The molecule has 2 nitrogen and oxygen atoms in total. The van der Waals surface area contributed by atoms with Crippen LogP contribution in [0, 0.1) is 12.7 Å². The summed E-state index contributed by atoms with van der Waals surface area (Å²) >= 11 is 0. The molecule has 0 aliphatic rings. The fraction of sp³-hybridized carbons (Fsp3) is 0.500. The molecule has 0 aromatic heterocycles. The molecule has 1 unspecified atom stereocenters. The Balaban J connectivity index is 2.93. The first-order valence-electron chi connectivity index (χ1n) is 5.05. The molecule has 0 bridgehead atoms. The molecule has 15 heavy (non-hydrogen) atoms. The molecule has 0 aliphatic heterocycles. The van der Waals surface area contributed by atoms with Crippen molar-refractivity contribution < 1.29 is 14.2 Å². The molecule has 1 atom stereocenters. The molecule has 0 saturated heterocycles. The third-order valence-corrected chi connectivity index (χ3v) is 2.33. The van der Waals surface area contributed by atoms with Crippen LogP contribution in [0.1, 0.15) is 24.5 Å². The minimum atomic E-state index is -0.421. The van der Waals surface area contributed by atoms with E-state index >= 15 is 0 Å². The molecule has 0 heterocycles. The SMILES string of the molecule is COc1cc(C)cc(F)c1CCC(C)O. The number of rotatable bonds is 4. The molecule has 1 aromatic rings. The van der Waals surface area contributed by atoms with Gasteiger partial charge in [-0.05, 0) is 44.4 Å². The minimum absolute atomic E-state index is 0.257. The van der Waals surface area contributed by atoms with Gasteiger partial charge in [0.15, 0.2) is 0 Å². The lowest BCUT2D eigenvalue weighted by Gasteiger charge is -2.11. The summed E-state index contributed by atoms with van der Waals surface area (Å²) in [6.07, 6.45) is 0.610. The van der Waals surface area contributed by atoms with Crippen molar-refractivity contribution in [1.82, 2.24) is 0 Å². The molecular formula is C12H17FO2. The lowest BCUT2D eigenvalue weighted by atomic mass is 10.0. The Morgan fingerprint density at radius 2 is 2.13 bits per heavy atom. The van der Waals surface area contributed by atoms with Gasteiger partial charge in [0, 0.05) is 5.56 Å². The number of hydrogen-bond donors (Lipinski definition) is 1. The highest BCUT2D eigenvalue weighted by Gasteiger charge is 2.11. The third-order valence-electron chi connectivity index (χ3n) is 2.33. The van der Waals surface area contributed by atoms with E-state index in [1.165, 1.54) is 13.2 Å². The molecule has 1 aromatic carbocycles. The summed E-state index contributed by atoms with van der Waals surface area (Å²) in [7, 11) is 1.53. The first kappa shape index (κ1) is 12.0. The highest BCUT2D eigenvalue weighted by Crippen LogP contribution is 2.25. The zero-order chi connectivity index (χ0) is 11.4. The van der Waals surface area contributed by atoms with Gasteiger partial charge in [-0.3, -0.25) is 0 Å². The summed E-state index contributed by atoms with van der Waals surface area (Å²) in [6.45, 7) is 3.52. The number of benzene rings is 1. The Morgan fingerprint density at radius 3 is 2.67 bits per heavy atom. The predicted molar refractivity (Wildman–Crippen MR) is 57.7 cm³/mol. The first-order valence-corrected chi connectivity index (χ1v) is 5.05. The summed E-state index contributed by atoms with van der Waals surface area (Å²) < 4.78 is 18.7. The van der Waals surface area contributed by atoms with E-state index < -0.39 is 6.10 Å². The van der Waals surface area contributed by atoms with Gasteiger partial charge in [0.05, 0.1) is 13.2 Å². The number of aryl methyl sites for hydroxylation is 1. The molecule has 0 fully saturated rings. The summed E-state index contributed by atoms with van der Waals surface area (Å²) in [5, 5.41) is 9.16. The van der Waals surface area contributed by atoms with Gasteiger partial charge in [0.1, 0.15) is 11.6 Å². The smallest absolute Gasteiger partial charge is 0.130 e. The van der Waals surface area contributed by atoms with Crippen LogP contribution in [-0.2, 0) is 6.42 Å². The quantitative estimate of drug-likeness (QED) is 0.830. The van der Waals surface area contributed by atoms with Crippen LogP contribution in [0.5, 0.6) is 5.75 Å². The van der Waals surface area contributed by atoms with E-state index in [1.807, 2.05) is 6.92 Å². The molecule has 0 radical (unpaired) electrons. The fourth-order valence-electron chi connectivity index (χ4n) is 1.52. The average molecular weight is 212 g/mol. The number of aliphatic hydroxyl groups excluding tert-OH is 1. The Labute approximate surface area is 89.7 Å². The second kappa shape index (κ2) is 5.12. The van der Waals surface area contributed by atoms with Gasteiger partial charge in [-0.15, -0.1) is 0 Å². The van der Waals surface area contributed by atoms with E-state index in [0.29, 0.717) is 24.2 Å². The zero-order valence-corrected chi connectivity index (χ0v) is 9.38. The van der Waals surface area contributed by atoms with Crippen molar-refractivity contribution in [1.29, 1.82) is 0 Å². The van der Waals surface area contributed by atoms with Gasteiger partial charge < -0.3 is 9.84 Å². The average Bonchev–Trinajstić information content (AvgIpc) is 2.14. The van der Waals surface area contributed by atoms with Gasteiger partial charge in [-0.1, -0.05) is 0 Å². The van der Waals surface area contributed by atoms with Crippen LogP contribution >= 0.6 is 0 Å². The normalized spacial score (nSPS) is 12.6. The Hall–Kier alpha value is -1.09. The topological polar surface area (TPSA) is 29.5 Å². The van der Waals surface area contributed by atoms with Crippen molar-refractivity contribution in [3.8, 4) is 5.75 Å². The van der Waals surface area contributed by atoms with Crippen molar-refractivity contribution >= 4 is 0 Å². The zero-order valence-electron chi connectivity index (χ0n) is 9.38. The summed E-state index contributed by atoms with van der Waals surface area (Å²) in [5.41, 5.74) is 1.38. The van der Waals surface area contributed by atoms with Crippen LogP contribution in [0.4, 0.5) is 4.39 Å². The molecule has 1 N–H and O–H groups in total. The van der Waals surface area contributed by atoms with Gasteiger partial charge in [-0.25, -0.2) is 4.39 Å². The molecule has 0 amide bonds. The van der Waals surface area contributed by atoms with E-state index in [-0.39, 0.29) is 5.82 Å². The Morgan fingerprint density at radius 1 is 1.47 bits per heavy atom. The molecule has 84 valence electrons. The maximum absolute atomic E-state index is 13.6. The van der Waals surface area contributed by atoms with Crippen molar-refractivity contribution in [2.45, 2.75) is 32.8 Å². The Bertz CT molecular complexity index is 335. The summed E-state index contributed by atoms with van der Waals surface area (Å²) in [5.74, 6) is 0.306. The summed E-state index contributed by atoms with van der Waals surface area (Å²) in [6, 6.07) is 3.29. The van der Waals surface area contributed by atoms with E-state index in [9.17, 15) is 4.39 Å². The number of ether oxygens (including phenoxy) is 1. The number of methoxy groups -OCH3 is 1. The van der Waals surface area contributed by atoms with Crippen molar-refractivity contribution in [3.63, 3.8) is 0 Å². The van der Waals surface area contributed by atoms with E-state index in [2.05, 4.69) is 0 Å². The van der Waals surface area contributed by atoms with Crippen LogP contribution in [0.15, 0.2) is 12.1 Å². The molecule has 1 rings (SSSR count). The largest absolute Gasteiger partial charge is 0.496 e. The molecule has 0 aliphatic carbocycles. The van der Waals surface area contributed by atoms with Gasteiger partial charge in [0.25, 0.3) is 0 Å². The van der Waals surface area contributed by atoms with Gasteiger partial charge >= 0.3 is 0 Å². The fourth-order valence-corrected chi connectivity index (χ4v) is 1.52. The second-order valence-corrected chi connectivity index (χ2v) is 3.82. The number of hydrogen-bond acceptors (Lipinski definition) is 2. The molecule has 0 spiro atoms. The van der Waals surface area contributed by atoms with Gasteiger partial charge in [0.2, 0.25) is 0 Å². The minimum Gasteiger partial charge on any atom is -0.496 e. The van der Waals surface area contributed by atoms with Crippen LogP contribution in [-0.4, -0.2) is 18.3 Å². The second-order valence-electron chi connectivity index (χ2n) is 3.82. The third kappa shape index (κ3) is 3.20. The van der Waals surface area contributed by atoms with Crippen LogP contribution < -0.4 is 4.74 Å². The predicted octanol–water partition coefficient (Wildman–Crippen LogP) is 2.46. The van der Waals surface area contributed by atoms with Crippen LogP contribution in [0.25, 0.3) is 0 Å². The first-order chi connectivity index (χ1) is 7.04. The van der Waals surface area contributed by atoms with Crippen LogP contribution in [0.2, 0.25) is 0 Å². The van der Waals surface area contributed by atoms with Crippen LogP contribution in [0.3, 0.4) is 0 Å². The van der Waals surface area contributed by atoms with E-state index in [4.69, 9.17) is 9.84 Å². The van der Waals surface area contributed by atoms with Crippen molar-refractivity contribution in [3.05, 3.63) is 29.1 Å². The maximum Gasteiger partial charge on any atom is 0.130 e. The number of halogens is 1. The number of aliphatic hydroxyl groups is 1. The maximum atomic E-state index is 13.6. The highest BCUT2D eigenvalue weighted by atomic mass is 19.1. The lowest BCUT2D eigenvalue weighted by molar-refractivity contribution is 0.184. The van der Waals surface area contributed by atoms with Crippen molar-refractivity contribution in [2.75, 3.05) is 7.11 Å². The van der Waals surface area contributed by atoms with E-state index in [0.717, 1.165) is 5.56 Å². The standard InChI is InChI=1S/C12H17FO2/c1-8-6-11(13)10(5-4-9(2)14)12(7-8)15-3/h6-7,9,14H,4-5H2,1-3H3.